The number of carbonyl (C=O) groups excluding carboxylic acids is 2. The first-order chi connectivity index (χ1) is 23.5. The molecule has 5 heterocycles. The number of carbonyl (C=O) groups is 2. The first kappa shape index (κ1) is 34.7. The van der Waals surface area contributed by atoms with Gasteiger partial charge in [-0.25, -0.2) is 14.8 Å². The Morgan fingerprint density at radius 1 is 1.10 bits per heavy atom. The Morgan fingerprint density at radius 2 is 1.86 bits per heavy atom. The fourth-order valence-electron chi connectivity index (χ4n) is 6.46. The zero-order chi connectivity index (χ0) is 34.7. The van der Waals surface area contributed by atoms with Gasteiger partial charge in [0.05, 0.1) is 36.2 Å². The van der Waals surface area contributed by atoms with Crippen LogP contribution in [0.5, 0.6) is 5.88 Å². The Labute approximate surface area is 292 Å². The number of rotatable bonds is 11. The molecule has 0 unspecified atom stereocenters. The molecule has 0 aliphatic carbocycles. The molecule has 6 rings (SSSR count). The van der Waals surface area contributed by atoms with Crippen molar-refractivity contribution in [2.24, 2.45) is 7.05 Å². The molecule has 4 aromatic rings. The van der Waals surface area contributed by atoms with Gasteiger partial charge in [0.2, 0.25) is 11.8 Å². The lowest BCUT2D eigenvalue weighted by Gasteiger charge is -2.29. The van der Waals surface area contributed by atoms with Crippen LogP contribution in [0.4, 0.5) is 4.79 Å². The van der Waals surface area contributed by atoms with Gasteiger partial charge >= 0.3 is 6.09 Å². The monoisotopic (exact) mass is 688 g/mol. The second-order valence-electron chi connectivity index (χ2n) is 13.8. The van der Waals surface area contributed by atoms with Gasteiger partial charge in [0.1, 0.15) is 11.2 Å². The van der Waals surface area contributed by atoms with Crippen LogP contribution in [0.15, 0.2) is 48.7 Å². The molecule has 2 N–H and O–H groups in total. The summed E-state index contributed by atoms with van der Waals surface area (Å²) in [6, 6.07) is 13.5. The highest BCUT2D eigenvalue weighted by Gasteiger charge is 2.29. The van der Waals surface area contributed by atoms with E-state index < -0.39 is 11.7 Å². The first-order valence-corrected chi connectivity index (χ1v) is 17.2. The highest BCUT2D eigenvalue weighted by molar-refractivity contribution is 6.36. The molecule has 2 saturated heterocycles. The molecular formula is C37H45ClN6O5. The molecule has 12 heteroatoms. The third-order valence-corrected chi connectivity index (χ3v) is 9.25. The van der Waals surface area contributed by atoms with Gasteiger partial charge in [-0.15, -0.1) is 0 Å². The molecule has 1 aromatic carbocycles. The molecule has 0 bridgehead atoms. The van der Waals surface area contributed by atoms with Crippen LogP contribution in [0, 0.1) is 0 Å². The van der Waals surface area contributed by atoms with Crippen molar-refractivity contribution < 1.29 is 23.8 Å². The molecule has 260 valence electrons. The first-order valence-electron chi connectivity index (χ1n) is 16.9. The van der Waals surface area contributed by atoms with Crippen molar-refractivity contribution >= 4 is 34.6 Å². The molecular weight excluding hydrogens is 644 g/mol. The smallest absolute Gasteiger partial charge is 0.410 e. The van der Waals surface area contributed by atoms with E-state index in [1.54, 1.807) is 12.0 Å². The summed E-state index contributed by atoms with van der Waals surface area (Å²) in [5.74, 6) is 0.352. The minimum Gasteiger partial charge on any atom is -0.481 e. The van der Waals surface area contributed by atoms with Gasteiger partial charge < -0.3 is 34.3 Å². The average molecular weight is 689 g/mol. The van der Waals surface area contributed by atoms with Crippen molar-refractivity contribution in [3.63, 3.8) is 0 Å². The lowest BCUT2D eigenvalue weighted by molar-refractivity contribution is -0.119. The van der Waals surface area contributed by atoms with Crippen LogP contribution in [-0.4, -0.2) is 76.0 Å². The Balaban J connectivity index is 1.23. The molecule has 11 nitrogen and oxygen atoms in total. The predicted molar refractivity (Wildman–Crippen MR) is 189 cm³/mol. The number of nitrogens with zero attached hydrogens (tertiary/aromatic N) is 4. The van der Waals surface area contributed by atoms with Gasteiger partial charge in [-0.3, -0.25) is 4.79 Å². The molecule has 2 fully saturated rings. The fraction of sp³-hybridized carbons (Fsp3) is 0.459. The molecule has 2 amide bonds. The summed E-state index contributed by atoms with van der Waals surface area (Å²) >= 11 is 7.08. The van der Waals surface area contributed by atoms with Gasteiger partial charge in [0.25, 0.3) is 0 Å². The van der Waals surface area contributed by atoms with E-state index in [9.17, 15) is 9.59 Å². The van der Waals surface area contributed by atoms with Crippen LogP contribution >= 0.6 is 11.6 Å². The topological polar surface area (TPSA) is 120 Å². The number of benzene rings is 1. The number of hydrogen-bond donors (Lipinski definition) is 2. The summed E-state index contributed by atoms with van der Waals surface area (Å²) in [4.78, 5) is 36.5. The largest absolute Gasteiger partial charge is 0.481 e. The Kier molecular flexibility index (Phi) is 10.4. The predicted octanol–water partition coefficient (Wildman–Crippen LogP) is 6.25. The van der Waals surface area contributed by atoms with Crippen LogP contribution in [0.1, 0.15) is 57.6 Å². The van der Waals surface area contributed by atoms with Crippen LogP contribution in [-0.2, 0) is 34.4 Å². The van der Waals surface area contributed by atoms with E-state index >= 15 is 0 Å². The zero-order valence-electron chi connectivity index (χ0n) is 28.8. The fourth-order valence-corrected chi connectivity index (χ4v) is 6.78. The lowest BCUT2D eigenvalue weighted by atomic mass is 10.0. The summed E-state index contributed by atoms with van der Waals surface area (Å²) in [5, 5.41) is 8.10. The standard InChI is InChI=1S/C37H45ClN6O5/c1-37(2,3)49-36(46)44(22-25-12-16-32(45)40-25)21-23-11-14-31(42-35(23)47-5)29-10-6-9-28(33(29)38)30-15-13-27-24(20-43(4)34(27)41-30)18-39-19-26-8-7-17-48-26/h6,9-11,13-15,20,25-26,39H,7-8,12,16-19,21-22H2,1-5H3,(H,40,45)/t25-,26-/m0/s1. The highest BCUT2D eigenvalue weighted by atomic mass is 35.5. The van der Waals surface area contributed by atoms with Crippen molar-refractivity contribution in [2.45, 2.75) is 77.3 Å². The second kappa shape index (κ2) is 14.7. The number of aromatic nitrogens is 3. The summed E-state index contributed by atoms with van der Waals surface area (Å²) in [7, 11) is 3.56. The summed E-state index contributed by atoms with van der Waals surface area (Å²) in [5.41, 5.74) is 4.99. The number of pyridine rings is 2. The number of fused-ring (bicyclic) bond motifs is 1. The van der Waals surface area contributed by atoms with Crippen LogP contribution in [0.3, 0.4) is 0 Å². The highest BCUT2D eigenvalue weighted by Crippen LogP contribution is 2.37. The number of amides is 2. The number of aryl methyl sites for hydroxylation is 1. The second-order valence-corrected chi connectivity index (χ2v) is 14.2. The maximum absolute atomic E-state index is 13.2. The maximum Gasteiger partial charge on any atom is 0.410 e. The maximum atomic E-state index is 13.2. The summed E-state index contributed by atoms with van der Waals surface area (Å²) in [6.45, 7) is 8.41. The van der Waals surface area contributed by atoms with Gasteiger partial charge in [-0.1, -0.05) is 29.8 Å². The van der Waals surface area contributed by atoms with E-state index in [1.807, 2.05) is 68.8 Å². The van der Waals surface area contributed by atoms with Gasteiger partial charge in [0.15, 0.2) is 0 Å². The lowest BCUT2D eigenvalue weighted by Crippen LogP contribution is -2.43. The van der Waals surface area contributed by atoms with E-state index in [2.05, 4.69) is 22.9 Å². The number of nitrogens with one attached hydrogen (secondary N) is 2. The molecule has 2 aliphatic rings. The van der Waals surface area contributed by atoms with E-state index in [0.29, 0.717) is 47.7 Å². The summed E-state index contributed by atoms with van der Waals surface area (Å²) in [6.07, 6.45) is 5.27. The Bertz CT molecular complexity index is 1830. The quantitative estimate of drug-likeness (QED) is 0.190. The Hall–Kier alpha value is -4.19. The zero-order valence-corrected chi connectivity index (χ0v) is 29.6. The molecule has 0 radical (unpaired) electrons. The van der Waals surface area contributed by atoms with Gasteiger partial charge in [-0.2, -0.15) is 0 Å². The average Bonchev–Trinajstić information content (AvgIpc) is 3.81. The Morgan fingerprint density at radius 3 is 2.53 bits per heavy atom. The normalized spacial score (nSPS) is 17.8. The summed E-state index contributed by atoms with van der Waals surface area (Å²) < 4.78 is 19.2. The number of ether oxygens (including phenoxy) is 3. The molecule has 49 heavy (non-hydrogen) atoms. The van der Waals surface area contributed by atoms with Crippen molar-refractivity contribution in [3.05, 3.63) is 64.8 Å². The van der Waals surface area contributed by atoms with E-state index in [4.69, 9.17) is 35.8 Å². The third-order valence-electron chi connectivity index (χ3n) is 8.84. The molecule has 2 aliphatic heterocycles. The van der Waals surface area contributed by atoms with Crippen molar-refractivity contribution in [2.75, 3.05) is 26.8 Å². The van der Waals surface area contributed by atoms with Crippen LogP contribution < -0.4 is 15.4 Å². The van der Waals surface area contributed by atoms with Crippen LogP contribution in [0.25, 0.3) is 33.5 Å². The minimum absolute atomic E-state index is 0.0154. The van der Waals surface area contributed by atoms with Crippen molar-refractivity contribution in [3.8, 4) is 28.4 Å². The van der Waals surface area contributed by atoms with Crippen molar-refractivity contribution in [1.82, 2.24) is 30.1 Å². The third kappa shape index (κ3) is 8.17. The number of hydrogen-bond acceptors (Lipinski definition) is 8. The molecule has 0 spiro atoms. The SMILES string of the molecule is COc1nc(-c2cccc(-c3ccc4c(CNC[C@@H]5CCCO5)cn(C)c4n3)c2Cl)ccc1CN(C[C@@H]1CCC(=O)N1)C(=O)OC(C)(C)C. The van der Waals surface area contributed by atoms with Gasteiger partial charge in [-0.05, 0) is 69.9 Å². The molecule has 2 atom stereocenters. The van der Waals surface area contributed by atoms with Crippen LogP contribution in [0.2, 0.25) is 5.02 Å². The number of methoxy groups -OCH3 is 1. The molecule has 0 saturated carbocycles. The van der Waals surface area contributed by atoms with Crippen molar-refractivity contribution in [1.29, 1.82) is 0 Å². The van der Waals surface area contributed by atoms with E-state index in [0.717, 1.165) is 60.4 Å². The van der Waals surface area contributed by atoms with E-state index in [1.165, 1.54) is 5.56 Å². The minimum atomic E-state index is -0.675. The number of halogens is 1. The van der Waals surface area contributed by atoms with Gasteiger partial charge in [0, 0.05) is 74.0 Å². The van der Waals surface area contributed by atoms with E-state index in [-0.39, 0.29) is 18.5 Å². The molecule has 3 aromatic heterocycles.